The topological polar surface area (TPSA) is 15.3 Å². The summed E-state index contributed by atoms with van der Waals surface area (Å²) >= 11 is 0. The Bertz CT molecular complexity index is 264. The lowest BCUT2D eigenvalue weighted by Crippen LogP contribution is -2.49. The van der Waals surface area contributed by atoms with E-state index >= 15 is 0 Å². The summed E-state index contributed by atoms with van der Waals surface area (Å²) in [6.07, 6.45) is 7.15. The van der Waals surface area contributed by atoms with Gasteiger partial charge in [-0.25, -0.2) is 0 Å². The molecule has 112 valence electrons. The highest BCUT2D eigenvalue weighted by atomic mass is 15.1. The lowest BCUT2D eigenvalue weighted by molar-refractivity contribution is 0.0464. The second-order valence-corrected chi connectivity index (χ2v) is 7.87. The van der Waals surface area contributed by atoms with Crippen molar-refractivity contribution in [3.05, 3.63) is 0 Å². The molecule has 1 aliphatic heterocycles. The first-order valence-electron chi connectivity index (χ1n) is 8.40. The van der Waals surface area contributed by atoms with Crippen LogP contribution in [0.2, 0.25) is 0 Å². The van der Waals surface area contributed by atoms with Crippen LogP contribution in [0.15, 0.2) is 0 Å². The number of nitrogens with zero attached hydrogens (tertiary/aromatic N) is 1. The van der Waals surface area contributed by atoms with Crippen LogP contribution in [0.1, 0.15) is 52.9 Å². The van der Waals surface area contributed by atoms with E-state index in [1.165, 1.54) is 58.3 Å². The predicted molar refractivity (Wildman–Crippen MR) is 83.4 cm³/mol. The summed E-state index contributed by atoms with van der Waals surface area (Å²) in [6.45, 7) is 12.5. The fourth-order valence-electron chi connectivity index (χ4n) is 4.90. The van der Waals surface area contributed by atoms with Crippen molar-refractivity contribution < 1.29 is 0 Å². The molecule has 0 aromatic rings. The van der Waals surface area contributed by atoms with Crippen LogP contribution in [0.3, 0.4) is 0 Å². The number of rotatable bonds is 4. The third-order valence-electron chi connectivity index (χ3n) is 5.24. The van der Waals surface area contributed by atoms with E-state index < -0.39 is 0 Å². The molecule has 1 saturated heterocycles. The van der Waals surface area contributed by atoms with Crippen molar-refractivity contribution in [2.45, 2.75) is 52.9 Å². The van der Waals surface area contributed by atoms with Gasteiger partial charge in [-0.05, 0) is 49.5 Å². The molecule has 2 aliphatic rings. The van der Waals surface area contributed by atoms with Crippen LogP contribution in [0.4, 0.5) is 0 Å². The van der Waals surface area contributed by atoms with Gasteiger partial charge in [-0.15, -0.1) is 0 Å². The minimum Gasteiger partial charge on any atom is -0.319 e. The van der Waals surface area contributed by atoms with Gasteiger partial charge in [0.2, 0.25) is 0 Å². The number of piperidine rings is 1. The first kappa shape index (κ1) is 15.3. The highest BCUT2D eigenvalue weighted by molar-refractivity contribution is 4.91. The number of nitrogens with one attached hydrogen (secondary N) is 1. The highest BCUT2D eigenvalue weighted by Crippen LogP contribution is 2.40. The maximum absolute atomic E-state index is 3.48. The SMILES string of the molecule is CNCC1(CN2CC(C)CC(C)C2)CCCC(C)C1. The van der Waals surface area contributed by atoms with Gasteiger partial charge < -0.3 is 10.2 Å². The molecule has 1 N–H and O–H groups in total. The summed E-state index contributed by atoms with van der Waals surface area (Å²) in [7, 11) is 2.13. The molecule has 19 heavy (non-hydrogen) atoms. The minimum atomic E-state index is 0.545. The van der Waals surface area contributed by atoms with Crippen LogP contribution in [-0.2, 0) is 0 Å². The molecule has 2 rings (SSSR count). The Labute approximate surface area is 120 Å². The van der Waals surface area contributed by atoms with E-state index in [1.54, 1.807) is 0 Å². The summed E-state index contributed by atoms with van der Waals surface area (Å²) in [6, 6.07) is 0. The summed E-state index contributed by atoms with van der Waals surface area (Å²) in [5.74, 6) is 2.69. The Morgan fingerprint density at radius 2 is 1.79 bits per heavy atom. The van der Waals surface area contributed by atoms with E-state index in [-0.39, 0.29) is 0 Å². The van der Waals surface area contributed by atoms with E-state index in [0.29, 0.717) is 5.41 Å². The largest absolute Gasteiger partial charge is 0.319 e. The molecule has 0 aromatic heterocycles. The van der Waals surface area contributed by atoms with Crippen LogP contribution in [0.5, 0.6) is 0 Å². The third kappa shape index (κ3) is 4.19. The molecule has 0 bridgehead atoms. The van der Waals surface area contributed by atoms with Gasteiger partial charge in [0, 0.05) is 26.2 Å². The monoisotopic (exact) mass is 266 g/mol. The highest BCUT2D eigenvalue weighted by Gasteiger charge is 2.37. The van der Waals surface area contributed by atoms with Gasteiger partial charge in [0.15, 0.2) is 0 Å². The molecule has 2 nitrogen and oxygen atoms in total. The summed E-state index contributed by atoms with van der Waals surface area (Å²) in [5, 5.41) is 3.48. The van der Waals surface area contributed by atoms with E-state index in [4.69, 9.17) is 0 Å². The molecule has 2 fully saturated rings. The van der Waals surface area contributed by atoms with Crippen LogP contribution < -0.4 is 5.32 Å². The fraction of sp³-hybridized carbons (Fsp3) is 1.00. The summed E-state index contributed by atoms with van der Waals surface area (Å²) in [4.78, 5) is 2.77. The van der Waals surface area contributed by atoms with Gasteiger partial charge in [0.1, 0.15) is 0 Å². The van der Waals surface area contributed by atoms with Crippen LogP contribution in [0.25, 0.3) is 0 Å². The number of likely N-dealkylation sites (tertiary alicyclic amines) is 1. The first-order valence-corrected chi connectivity index (χ1v) is 8.40. The van der Waals surface area contributed by atoms with Crippen molar-refractivity contribution in [1.29, 1.82) is 0 Å². The zero-order chi connectivity index (χ0) is 13.9. The van der Waals surface area contributed by atoms with Crippen molar-refractivity contribution in [3.63, 3.8) is 0 Å². The average molecular weight is 266 g/mol. The lowest BCUT2D eigenvalue weighted by atomic mass is 9.69. The molecule has 1 aliphatic carbocycles. The Balaban J connectivity index is 1.99. The molecule has 0 radical (unpaired) electrons. The van der Waals surface area contributed by atoms with E-state index in [9.17, 15) is 0 Å². The zero-order valence-corrected chi connectivity index (χ0v) is 13.5. The maximum Gasteiger partial charge on any atom is 0.00505 e. The van der Waals surface area contributed by atoms with Crippen molar-refractivity contribution in [2.24, 2.45) is 23.2 Å². The smallest absolute Gasteiger partial charge is 0.00505 e. The van der Waals surface area contributed by atoms with Crippen LogP contribution in [0, 0.1) is 23.2 Å². The molecule has 0 amide bonds. The van der Waals surface area contributed by atoms with Gasteiger partial charge >= 0.3 is 0 Å². The molecule has 1 saturated carbocycles. The van der Waals surface area contributed by atoms with E-state index in [2.05, 4.69) is 38.0 Å². The van der Waals surface area contributed by atoms with Gasteiger partial charge in [0.25, 0.3) is 0 Å². The van der Waals surface area contributed by atoms with Gasteiger partial charge in [-0.1, -0.05) is 33.6 Å². The quantitative estimate of drug-likeness (QED) is 0.839. The minimum absolute atomic E-state index is 0.545. The molecule has 4 atom stereocenters. The van der Waals surface area contributed by atoms with E-state index in [1.807, 2.05) is 0 Å². The fourth-order valence-corrected chi connectivity index (χ4v) is 4.90. The first-order chi connectivity index (χ1) is 9.03. The molecule has 0 aromatic carbocycles. The molecular formula is C17H34N2. The van der Waals surface area contributed by atoms with Crippen LogP contribution in [-0.4, -0.2) is 38.1 Å². The Morgan fingerprint density at radius 3 is 2.37 bits per heavy atom. The second kappa shape index (κ2) is 6.58. The Kier molecular flexibility index (Phi) is 5.30. The predicted octanol–water partition coefficient (Wildman–Crippen LogP) is 3.38. The van der Waals surface area contributed by atoms with Crippen molar-refractivity contribution >= 4 is 0 Å². The Hall–Kier alpha value is -0.0800. The molecule has 2 heteroatoms. The maximum atomic E-state index is 3.48. The molecule has 0 spiro atoms. The van der Waals surface area contributed by atoms with Crippen LogP contribution >= 0.6 is 0 Å². The summed E-state index contributed by atoms with van der Waals surface area (Å²) in [5.41, 5.74) is 0.545. The zero-order valence-electron chi connectivity index (χ0n) is 13.5. The van der Waals surface area contributed by atoms with E-state index in [0.717, 1.165) is 17.8 Å². The summed E-state index contributed by atoms with van der Waals surface area (Å²) < 4.78 is 0. The van der Waals surface area contributed by atoms with Gasteiger partial charge in [0.05, 0.1) is 0 Å². The third-order valence-corrected chi connectivity index (χ3v) is 5.24. The van der Waals surface area contributed by atoms with Gasteiger partial charge in [-0.3, -0.25) is 0 Å². The van der Waals surface area contributed by atoms with Gasteiger partial charge in [-0.2, -0.15) is 0 Å². The Morgan fingerprint density at radius 1 is 1.11 bits per heavy atom. The standard InChI is InChI=1S/C17H34N2/c1-14-6-5-7-17(9-14,12-18-4)13-19-10-15(2)8-16(3)11-19/h14-16,18H,5-13H2,1-4H3. The average Bonchev–Trinajstić information content (AvgIpc) is 2.27. The molecular weight excluding hydrogens is 232 g/mol. The molecule has 1 heterocycles. The second-order valence-electron chi connectivity index (χ2n) is 7.87. The number of hydrogen-bond donors (Lipinski definition) is 1. The normalized spacial score (nSPS) is 41.4. The van der Waals surface area contributed by atoms with Crippen molar-refractivity contribution in [1.82, 2.24) is 10.2 Å². The van der Waals surface area contributed by atoms with Crippen molar-refractivity contribution in [2.75, 3.05) is 33.2 Å². The lowest BCUT2D eigenvalue weighted by Gasteiger charge is -2.46. The van der Waals surface area contributed by atoms with Crippen molar-refractivity contribution in [3.8, 4) is 0 Å². The number of hydrogen-bond acceptors (Lipinski definition) is 2. The molecule has 4 unspecified atom stereocenters.